The van der Waals surface area contributed by atoms with E-state index in [4.69, 9.17) is 4.74 Å². The molecule has 1 aliphatic rings. The molecule has 2 aromatic rings. The van der Waals surface area contributed by atoms with Crippen molar-refractivity contribution in [3.63, 3.8) is 0 Å². The topological polar surface area (TPSA) is 63.4 Å². The van der Waals surface area contributed by atoms with Gasteiger partial charge in [0.2, 0.25) is 0 Å². The number of aromatic nitrogens is 1. The lowest BCUT2D eigenvalue weighted by atomic mass is 10.1. The molecule has 1 aromatic heterocycles. The number of ether oxygens (including phenoxy) is 2. The molecule has 5 heteroatoms. The monoisotopic (exact) mass is 286 g/mol. The van der Waals surface area contributed by atoms with Crippen molar-refractivity contribution in [2.45, 2.75) is 19.1 Å². The number of fused-ring (bicyclic) bond motifs is 1. The van der Waals surface area contributed by atoms with Crippen LogP contribution in [0.15, 0.2) is 36.4 Å². The normalized spacial score (nSPS) is 16.3. The van der Waals surface area contributed by atoms with Crippen LogP contribution in [0.3, 0.4) is 0 Å². The number of aromatic amines is 1. The van der Waals surface area contributed by atoms with Gasteiger partial charge in [-0.2, -0.15) is 0 Å². The fourth-order valence-corrected chi connectivity index (χ4v) is 2.51. The van der Waals surface area contributed by atoms with E-state index >= 15 is 0 Å². The molecular formula is C16H18N2O3. The third-order valence-electron chi connectivity index (χ3n) is 3.55. The van der Waals surface area contributed by atoms with E-state index in [1.165, 1.54) is 12.7 Å². The maximum atomic E-state index is 11.3. The van der Waals surface area contributed by atoms with Gasteiger partial charge >= 0.3 is 5.97 Å². The molecule has 1 aliphatic heterocycles. The number of hydrogen-bond acceptors (Lipinski definition) is 4. The molecule has 3 rings (SSSR count). The molecule has 110 valence electrons. The van der Waals surface area contributed by atoms with Crippen LogP contribution in [0.1, 0.15) is 21.7 Å². The predicted octanol–water partition coefficient (Wildman–Crippen LogP) is 1.89. The van der Waals surface area contributed by atoms with Crippen LogP contribution in [0, 0.1) is 0 Å². The van der Waals surface area contributed by atoms with Crippen molar-refractivity contribution in [2.75, 3.05) is 13.7 Å². The first kappa shape index (κ1) is 13.7. The van der Waals surface area contributed by atoms with Crippen molar-refractivity contribution < 1.29 is 14.3 Å². The summed E-state index contributed by atoms with van der Waals surface area (Å²) in [4.78, 5) is 14.4. The molecule has 2 heterocycles. The van der Waals surface area contributed by atoms with E-state index in [0.717, 1.165) is 24.4 Å². The van der Waals surface area contributed by atoms with E-state index in [1.54, 1.807) is 6.07 Å². The Kier molecular flexibility index (Phi) is 3.92. The Labute approximate surface area is 123 Å². The highest BCUT2D eigenvalue weighted by molar-refractivity contribution is 5.87. The van der Waals surface area contributed by atoms with E-state index < -0.39 is 0 Å². The molecule has 0 radical (unpaired) electrons. The highest BCUT2D eigenvalue weighted by atomic mass is 16.5. The minimum atomic E-state index is -0.351. The maximum Gasteiger partial charge on any atom is 0.354 e. The van der Waals surface area contributed by atoms with Crippen molar-refractivity contribution in [1.82, 2.24) is 10.3 Å². The van der Waals surface area contributed by atoms with Crippen molar-refractivity contribution in [3.05, 3.63) is 53.3 Å². The summed E-state index contributed by atoms with van der Waals surface area (Å²) < 4.78 is 10.5. The minimum absolute atomic E-state index is 0.164. The number of methoxy groups -OCH3 is 1. The van der Waals surface area contributed by atoms with Crippen molar-refractivity contribution in [3.8, 4) is 5.75 Å². The number of benzene rings is 1. The second-order valence-corrected chi connectivity index (χ2v) is 5.07. The van der Waals surface area contributed by atoms with Gasteiger partial charge < -0.3 is 19.8 Å². The van der Waals surface area contributed by atoms with Crippen LogP contribution in [0.4, 0.5) is 0 Å². The zero-order chi connectivity index (χ0) is 14.7. The van der Waals surface area contributed by atoms with E-state index in [1.807, 2.05) is 24.3 Å². The van der Waals surface area contributed by atoms with Gasteiger partial charge in [-0.3, -0.25) is 0 Å². The maximum absolute atomic E-state index is 11.3. The molecule has 2 N–H and O–H groups in total. The van der Waals surface area contributed by atoms with Crippen molar-refractivity contribution in [2.24, 2.45) is 0 Å². The summed E-state index contributed by atoms with van der Waals surface area (Å²) in [6.07, 6.45) is 1.10. The molecule has 1 atom stereocenters. The van der Waals surface area contributed by atoms with Gasteiger partial charge in [0, 0.05) is 25.2 Å². The van der Waals surface area contributed by atoms with Crippen LogP contribution in [0.5, 0.6) is 5.75 Å². The van der Waals surface area contributed by atoms with Crippen molar-refractivity contribution in [1.29, 1.82) is 0 Å². The lowest BCUT2D eigenvalue weighted by molar-refractivity contribution is 0.0594. The Bertz CT molecular complexity index is 611. The highest BCUT2D eigenvalue weighted by Crippen LogP contribution is 2.27. The van der Waals surface area contributed by atoms with Crippen LogP contribution in [0.2, 0.25) is 0 Å². The van der Waals surface area contributed by atoms with Gasteiger partial charge in [0.05, 0.1) is 7.11 Å². The fraction of sp³-hybridized carbons (Fsp3) is 0.312. The number of carbonyl (C=O) groups is 1. The number of rotatable bonds is 5. The summed E-state index contributed by atoms with van der Waals surface area (Å²) in [5.74, 6) is 0.632. The average Bonchev–Trinajstić information content (AvgIpc) is 3.12. The van der Waals surface area contributed by atoms with E-state index in [9.17, 15) is 4.79 Å². The van der Waals surface area contributed by atoms with Crippen LogP contribution >= 0.6 is 0 Å². The molecule has 0 spiro atoms. The number of carbonyl (C=O) groups excluding carboxylic acids is 1. The first-order valence-corrected chi connectivity index (χ1v) is 6.98. The van der Waals surface area contributed by atoms with Crippen LogP contribution in [-0.4, -0.2) is 30.7 Å². The molecule has 0 saturated carbocycles. The molecule has 21 heavy (non-hydrogen) atoms. The van der Waals surface area contributed by atoms with E-state index in [-0.39, 0.29) is 12.1 Å². The minimum Gasteiger partial charge on any atom is -0.488 e. The lowest BCUT2D eigenvalue weighted by Crippen LogP contribution is -2.29. The first-order valence-electron chi connectivity index (χ1n) is 6.98. The molecule has 1 aromatic carbocycles. The Balaban J connectivity index is 1.47. The average molecular weight is 286 g/mol. The number of H-pyrrole nitrogens is 1. The summed E-state index contributed by atoms with van der Waals surface area (Å²) in [5.41, 5.74) is 2.68. The zero-order valence-electron chi connectivity index (χ0n) is 11.9. The van der Waals surface area contributed by atoms with E-state index in [0.29, 0.717) is 12.2 Å². The third-order valence-corrected chi connectivity index (χ3v) is 3.55. The SMILES string of the molecule is COC(=O)c1ccc(CNCC2Cc3ccccc3O2)[nH]1. The van der Waals surface area contributed by atoms with Gasteiger partial charge in [-0.1, -0.05) is 18.2 Å². The van der Waals surface area contributed by atoms with Gasteiger partial charge in [0.1, 0.15) is 17.5 Å². The molecule has 5 nitrogen and oxygen atoms in total. The fourth-order valence-electron chi connectivity index (χ4n) is 2.51. The standard InChI is InChI=1S/C16H18N2O3/c1-20-16(19)14-7-6-12(18-14)9-17-10-13-8-11-4-2-3-5-15(11)21-13/h2-7,13,17-18H,8-10H2,1H3. The molecular weight excluding hydrogens is 268 g/mol. The van der Waals surface area contributed by atoms with Crippen LogP contribution < -0.4 is 10.1 Å². The van der Waals surface area contributed by atoms with E-state index in [2.05, 4.69) is 21.1 Å². The Hall–Kier alpha value is -2.27. The highest BCUT2D eigenvalue weighted by Gasteiger charge is 2.21. The van der Waals surface area contributed by atoms with Crippen LogP contribution in [0.25, 0.3) is 0 Å². The Morgan fingerprint density at radius 2 is 2.24 bits per heavy atom. The van der Waals surface area contributed by atoms with Gasteiger partial charge in [-0.05, 0) is 23.8 Å². The number of nitrogens with one attached hydrogen (secondary N) is 2. The summed E-state index contributed by atoms with van der Waals surface area (Å²) in [6, 6.07) is 11.7. The number of hydrogen-bond donors (Lipinski definition) is 2. The van der Waals surface area contributed by atoms with Gasteiger partial charge in [-0.25, -0.2) is 4.79 Å². The number of esters is 1. The van der Waals surface area contributed by atoms with Gasteiger partial charge in [0.25, 0.3) is 0 Å². The summed E-state index contributed by atoms with van der Waals surface area (Å²) in [7, 11) is 1.37. The second kappa shape index (κ2) is 6.01. The summed E-state index contributed by atoms with van der Waals surface area (Å²) >= 11 is 0. The smallest absolute Gasteiger partial charge is 0.354 e. The van der Waals surface area contributed by atoms with Gasteiger partial charge in [-0.15, -0.1) is 0 Å². The molecule has 0 saturated heterocycles. The third kappa shape index (κ3) is 3.08. The number of para-hydroxylation sites is 1. The Morgan fingerprint density at radius 3 is 3.05 bits per heavy atom. The molecule has 0 fully saturated rings. The summed E-state index contributed by atoms with van der Waals surface area (Å²) in [6.45, 7) is 1.43. The lowest BCUT2D eigenvalue weighted by Gasteiger charge is -2.11. The van der Waals surface area contributed by atoms with Gasteiger partial charge in [0.15, 0.2) is 0 Å². The molecule has 0 amide bonds. The molecule has 0 aliphatic carbocycles. The molecule has 1 unspecified atom stereocenters. The quantitative estimate of drug-likeness (QED) is 0.824. The predicted molar refractivity (Wildman–Crippen MR) is 78.4 cm³/mol. The Morgan fingerprint density at radius 1 is 1.38 bits per heavy atom. The summed E-state index contributed by atoms with van der Waals surface area (Å²) in [5, 5.41) is 3.34. The first-order chi connectivity index (χ1) is 10.3. The van der Waals surface area contributed by atoms with Crippen LogP contribution in [-0.2, 0) is 17.7 Å². The van der Waals surface area contributed by atoms with Crippen molar-refractivity contribution >= 4 is 5.97 Å². The largest absolute Gasteiger partial charge is 0.488 e. The molecule has 0 bridgehead atoms. The zero-order valence-corrected chi connectivity index (χ0v) is 11.9. The second-order valence-electron chi connectivity index (χ2n) is 5.07.